The van der Waals surface area contributed by atoms with Crippen LogP contribution in [-0.4, -0.2) is 5.97 Å². The highest BCUT2D eigenvalue weighted by Gasteiger charge is 2.06. The lowest BCUT2D eigenvalue weighted by Gasteiger charge is -2.03. The fraction of sp³-hybridized carbons (Fsp3) is 0.133. The third kappa shape index (κ3) is 4.43. The first-order valence-electron chi connectivity index (χ1n) is 5.98. The zero-order chi connectivity index (χ0) is 13.5. The van der Waals surface area contributed by atoms with Crippen molar-refractivity contribution in [2.75, 3.05) is 0 Å². The first-order chi connectivity index (χ1) is 9.28. The molecule has 0 aliphatic heterocycles. The van der Waals surface area contributed by atoms with Crippen molar-refractivity contribution >= 4 is 18.0 Å². The molecule has 2 aromatic carbocycles. The summed E-state index contributed by atoms with van der Waals surface area (Å²) in [7, 11) is 0. The van der Waals surface area contributed by atoms with Gasteiger partial charge in [0.2, 0.25) is 0 Å². The molecule has 4 heteroatoms. The first-order valence-corrected chi connectivity index (χ1v) is 6.72. The van der Waals surface area contributed by atoms with Crippen molar-refractivity contribution in [2.45, 2.75) is 17.9 Å². The zero-order valence-corrected chi connectivity index (χ0v) is 11.2. The van der Waals surface area contributed by atoms with Gasteiger partial charge in [0, 0.05) is 11.4 Å². The van der Waals surface area contributed by atoms with Gasteiger partial charge in [0.25, 0.3) is 0 Å². The van der Waals surface area contributed by atoms with Gasteiger partial charge < -0.3 is 9.92 Å². The smallest absolute Gasteiger partial charge is 0.322 e. The second-order valence-electron chi connectivity index (χ2n) is 4.05. The SMILES string of the molecule is NCc1ccc(SOC(=O)Cc2ccccc2)cc1. The second kappa shape index (κ2) is 6.97. The topological polar surface area (TPSA) is 52.3 Å². The van der Waals surface area contributed by atoms with Crippen LogP contribution in [0.2, 0.25) is 0 Å². The number of nitrogens with two attached hydrogens (primary N) is 1. The van der Waals surface area contributed by atoms with Crippen molar-refractivity contribution in [1.82, 2.24) is 0 Å². The molecule has 0 radical (unpaired) electrons. The molecule has 0 aliphatic rings. The van der Waals surface area contributed by atoms with Gasteiger partial charge in [0.1, 0.15) is 0 Å². The Morgan fingerprint density at radius 2 is 1.68 bits per heavy atom. The molecule has 0 heterocycles. The lowest BCUT2D eigenvalue weighted by Crippen LogP contribution is -2.03. The van der Waals surface area contributed by atoms with E-state index < -0.39 is 0 Å². The third-order valence-corrected chi connectivity index (χ3v) is 3.32. The van der Waals surface area contributed by atoms with Crippen LogP contribution in [0.5, 0.6) is 0 Å². The number of carbonyl (C=O) groups excluding carboxylic acids is 1. The van der Waals surface area contributed by atoms with E-state index in [1.54, 1.807) is 0 Å². The summed E-state index contributed by atoms with van der Waals surface area (Å²) in [6, 6.07) is 17.2. The van der Waals surface area contributed by atoms with Crippen molar-refractivity contribution in [1.29, 1.82) is 0 Å². The highest BCUT2D eigenvalue weighted by molar-refractivity contribution is 7.95. The summed E-state index contributed by atoms with van der Waals surface area (Å²) in [5.74, 6) is -0.251. The number of hydrogen-bond donors (Lipinski definition) is 1. The molecule has 2 rings (SSSR count). The summed E-state index contributed by atoms with van der Waals surface area (Å²) in [4.78, 5) is 12.5. The highest BCUT2D eigenvalue weighted by Crippen LogP contribution is 2.20. The van der Waals surface area contributed by atoms with Crippen molar-refractivity contribution in [3.8, 4) is 0 Å². The van der Waals surface area contributed by atoms with E-state index in [0.717, 1.165) is 28.1 Å². The zero-order valence-electron chi connectivity index (χ0n) is 10.4. The van der Waals surface area contributed by atoms with E-state index >= 15 is 0 Å². The van der Waals surface area contributed by atoms with Gasteiger partial charge in [-0.25, -0.2) is 0 Å². The minimum atomic E-state index is -0.251. The molecule has 2 aromatic rings. The lowest BCUT2D eigenvalue weighted by molar-refractivity contribution is -0.132. The third-order valence-electron chi connectivity index (χ3n) is 2.58. The van der Waals surface area contributed by atoms with E-state index in [0.29, 0.717) is 6.54 Å². The quantitative estimate of drug-likeness (QED) is 0.851. The summed E-state index contributed by atoms with van der Waals surface area (Å²) in [5.41, 5.74) is 7.52. The van der Waals surface area contributed by atoms with Crippen LogP contribution in [-0.2, 0) is 21.9 Å². The van der Waals surface area contributed by atoms with Gasteiger partial charge in [-0.15, -0.1) is 0 Å². The van der Waals surface area contributed by atoms with Gasteiger partial charge in [-0.3, -0.25) is 4.79 Å². The minimum Gasteiger partial charge on any atom is -0.386 e. The highest BCUT2D eigenvalue weighted by atomic mass is 32.2. The summed E-state index contributed by atoms with van der Waals surface area (Å²) < 4.78 is 5.15. The first kappa shape index (κ1) is 13.6. The number of rotatable bonds is 5. The van der Waals surface area contributed by atoms with Gasteiger partial charge in [0.15, 0.2) is 0 Å². The lowest BCUT2D eigenvalue weighted by atomic mass is 10.2. The molecule has 0 spiro atoms. The Balaban J connectivity index is 1.83. The van der Waals surface area contributed by atoms with Crippen LogP contribution >= 0.6 is 12.0 Å². The van der Waals surface area contributed by atoms with Gasteiger partial charge in [0.05, 0.1) is 18.5 Å². The van der Waals surface area contributed by atoms with Gasteiger partial charge in [-0.1, -0.05) is 42.5 Å². The predicted octanol–water partition coefficient (Wildman–Crippen LogP) is 2.94. The van der Waals surface area contributed by atoms with Gasteiger partial charge >= 0.3 is 5.97 Å². The fourth-order valence-corrected chi connectivity index (χ4v) is 2.06. The molecule has 0 saturated heterocycles. The van der Waals surface area contributed by atoms with Crippen LogP contribution in [0.15, 0.2) is 59.5 Å². The van der Waals surface area contributed by atoms with Gasteiger partial charge in [-0.2, -0.15) is 0 Å². The largest absolute Gasteiger partial charge is 0.386 e. The molecular weight excluding hydrogens is 258 g/mol. The second-order valence-corrected chi connectivity index (χ2v) is 4.85. The Labute approximate surface area is 117 Å². The Bertz CT molecular complexity index is 526. The maximum absolute atomic E-state index is 11.6. The van der Waals surface area contributed by atoms with Crippen molar-refractivity contribution in [3.63, 3.8) is 0 Å². The van der Waals surface area contributed by atoms with E-state index in [1.807, 2.05) is 54.6 Å². The van der Waals surface area contributed by atoms with Crippen molar-refractivity contribution in [3.05, 3.63) is 65.7 Å². The minimum absolute atomic E-state index is 0.251. The number of benzene rings is 2. The average molecular weight is 273 g/mol. The van der Waals surface area contributed by atoms with Crippen molar-refractivity contribution < 1.29 is 8.98 Å². The molecule has 3 nitrogen and oxygen atoms in total. The summed E-state index contributed by atoms with van der Waals surface area (Å²) in [5, 5.41) is 0. The average Bonchev–Trinajstić information content (AvgIpc) is 2.47. The maximum Gasteiger partial charge on any atom is 0.322 e. The van der Waals surface area contributed by atoms with E-state index in [2.05, 4.69) is 0 Å². The Morgan fingerprint density at radius 1 is 1.00 bits per heavy atom. The van der Waals surface area contributed by atoms with Gasteiger partial charge in [-0.05, 0) is 23.3 Å². The molecule has 0 bridgehead atoms. The molecule has 19 heavy (non-hydrogen) atoms. The molecule has 0 amide bonds. The summed E-state index contributed by atoms with van der Waals surface area (Å²) >= 11 is 1.08. The molecule has 2 N–H and O–H groups in total. The Morgan fingerprint density at radius 3 is 2.32 bits per heavy atom. The van der Waals surface area contributed by atoms with Crippen LogP contribution in [0.1, 0.15) is 11.1 Å². The van der Waals surface area contributed by atoms with Crippen LogP contribution in [0.25, 0.3) is 0 Å². The Kier molecular flexibility index (Phi) is 5.01. The van der Waals surface area contributed by atoms with Crippen LogP contribution in [0.4, 0.5) is 0 Å². The molecule has 0 unspecified atom stereocenters. The fourth-order valence-electron chi connectivity index (χ4n) is 1.57. The van der Waals surface area contributed by atoms with E-state index in [4.69, 9.17) is 9.92 Å². The standard InChI is InChI=1S/C15H15NO2S/c16-11-13-6-8-14(9-7-13)19-18-15(17)10-12-4-2-1-3-5-12/h1-9H,10-11,16H2. The van der Waals surface area contributed by atoms with Crippen molar-refractivity contribution in [2.24, 2.45) is 5.73 Å². The van der Waals surface area contributed by atoms with Crippen LogP contribution in [0.3, 0.4) is 0 Å². The molecule has 0 fully saturated rings. The molecule has 0 aromatic heterocycles. The Hall–Kier alpha value is -1.78. The predicted molar refractivity (Wildman–Crippen MR) is 76.4 cm³/mol. The van der Waals surface area contributed by atoms with E-state index in [9.17, 15) is 4.79 Å². The summed E-state index contributed by atoms with van der Waals surface area (Å²) in [6.07, 6.45) is 0.286. The molecule has 0 atom stereocenters. The van der Waals surface area contributed by atoms with E-state index in [-0.39, 0.29) is 12.4 Å². The summed E-state index contributed by atoms with van der Waals surface area (Å²) in [6.45, 7) is 0.513. The number of carbonyl (C=O) groups is 1. The maximum atomic E-state index is 11.6. The molecule has 0 saturated carbocycles. The van der Waals surface area contributed by atoms with Crippen LogP contribution < -0.4 is 5.73 Å². The molecular formula is C15H15NO2S. The van der Waals surface area contributed by atoms with Crippen LogP contribution in [0, 0.1) is 0 Å². The monoisotopic (exact) mass is 273 g/mol. The normalized spacial score (nSPS) is 10.2. The molecule has 0 aliphatic carbocycles. The molecule has 98 valence electrons. The van der Waals surface area contributed by atoms with E-state index in [1.165, 1.54) is 0 Å². The number of hydrogen-bond acceptors (Lipinski definition) is 4.